The topological polar surface area (TPSA) is 50.4 Å². The Balaban J connectivity index is 0.00000280. The Hall–Kier alpha value is -1.75. The fourth-order valence-corrected chi connectivity index (χ4v) is 4.01. The Morgan fingerprint density at radius 3 is 2.64 bits per heavy atom. The molecule has 2 aromatic rings. The smallest absolute Gasteiger partial charge is 0.223 e. The molecule has 1 saturated heterocycles. The minimum Gasteiger partial charge on any atom is -0.497 e. The number of piperidine rings is 1. The first-order chi connectivity index (χ1) is 13.0. The van der Waals surface area contributed by atoms with E-state index < -0.39 is 0 Å². The Labute approximate surface area is 178 Å². The molecule has 2 N–H and O–H groups in total. The highest BCUT2D eigenvalue weighted by Gasteiger charge is 2.28. The van der Waals surface area contributed by atoms with Crippen molar-refractivity contribution in [2.45, 2.75) is 38.8 Å². The highest BCUT2D eigenvalue weighted by Crippen LogP contribution is 2.32. The Bertz CT molecular complexity index is 813. The Morgan fingerprint density at radius 1 is 1.25 bits per heavy atom. The quantitative estimate of drug-likeness (QED) is 0.735. The second-order valence-corrected chi connectivity index (χ2v) is 7.67. The van der Waals surface area contributed by atoms with Crippen LogP contribution in [0.2, 0.25) is 5.02 Å². The average molecular weight is 423 g/mol. The molecule has 0 aromatic heterocycles. The fraction of sp³-hybridized carbons (Fsp3) is 0.409. The number of hydrogen-bond donors (Lipinski definition) is 2. The van der Waals surface area contributed by atoms with Crippen LogP contribution in [-0.4, -0.2) is 25.6 Å². The van der Waals surface area contributed by atoms with E-state index in [4.69, 9.17) is 16.3 Å². The van der Waals surface area contributed by atoms with Gasteiger partial charge in [0.2, 0.25) is 5.91 Å². The van der Waals surface area contributed by atoms with E-state index in [0.717, 1.165) is 41.8 Å². The number of rotatable bonds is 5. The zero-order valence-electron chi connectivity index (χ0n) is 16.5. The molecule has 0 spiro atoms. The molecule has 0 aliphatic carbocycles. The van der Waals surface area contributed by atoms with Gasteiger partial charge >= 0.3 is 0 Å². The van der Waals surface area contributed by atoms with Crippen LogP contribution < -0.4 is 15.4 Å². The lowest BCUT2D eigenvalue weighted by molar-refractivity contribution is -0.126. The number of benzene rings is 2. The van der Waals surface area contributed by atoms with E-state index in [2.05, 4.69) is 17.6 Å². The summed E-state index contributed by atoms with van der Waals surface area (Å²) in [7, 11) is 1.65. The van der Waals surface area contributed by atoms with E-state index >= 15 is 0 Å². The van der Waals surface area contributed by atoms with Gasteiger partial charge in [0.15, 0.2) is 0 Å². The first-order valence-electron chi connectivity index (χ1n) is 9.42. The highest BCUT2D eigenvalue weighted by atomic mass is 35.5. The third kappa shape index (κ3) is 5.19. The van der Waals surface area contributed by atoms with Crippen LogP contribution in [0, 0.1) is 12.8 Å². The molecule has 28 heavy (non-hydrogen) atoms. The van der Waals surface area contributed by atoms with Gasteiger partial charge in [0.05, 0.1) is 13.2 Å². The summed E-state index contributed by atoms with van der Waals surface area (Å²) in [5.41, 5.74) is 2.99. The molecule has 1 fully saturated rings. The second kappa shape index (κ2) is 10.1. The molecule has 0 bridgehead atoms. The second-order valence-electron chi connectivity index (χ2n) is 7.26. The number of carbonyl (C=O) groups excluding carboxylic acids is 1. The number of aryl methyl sites for hydroxylation is 1. The minimum absolute atomic E-state index is 0. The Morgan fingerprint density at radius 2 is 2.00 bits per heavy atom. The van der Waals surface area contributed by atoms with Crippen molar-refractivity contribution in [3.63, 3.8) is 0 Å². The van der Waals surface area contributed by atoms with Crippen LogP contribution >= 0.6 is 24.0 Å². The summed E-state index contributed by atoms with van der Waals surface area (Å²) in [6, 6.07) is 13.7. The third-order valence-electron chi connectivity index (χ3n) is 5.29. The minimum atomic E-state index is -0.290. The lowest BCUT2D eigenvalue weighted by Crippen LogP contribution is -2.43. The van der Waals surface area contributed by atoms with Crippen molar-refractivity contribution in [2.75, 3.05) is 13.7 Å². The van der Waals surface area contributed by atoms with Crippen molar-refractivity contribution >= 4 is 29.9 Å². The molecule has 3 atom stereocenters. The fourth-order valence-electron chi connectivity index (χ4n) is 3.76. The van der Waals surface area contributed by atoms with Crippen LogP contribution in [0.4, 0.5) is 0 Å². The molecule has 1 aliphatic heterocycles. The highest BCUT2D eigenvalue weighted by molar-refractivity contribution is 6.31. The molecule has 2 aromatic carbocycles. The maximum Gasteiger partial charge on any atom is 0.223 e. The van der Waals surface area contributed by atoms with Crippen molar-refractivity contribution < 1.29 is 9.53 Å². The molecule has 1 amide bonds. The van der Waals surface area contributed by atoms with Crippen LogP contribution in [0.25, 0.3) is 0 Å². The van der Waals surface area contributed by atoms with Gasteiger partial charge < -0.3 is 15.4 Å². The molecule has 1 heterocycles. The molecule has 1 unspecified atom stereocenters. The van der Waals surface area contributed by atoms with Gasteiger partial charge in [0, 0.05) is 17.0 Å². The lowest BCUT2D eigenvalue weighted by Gasteiger charge is -2.30. The third-order valence-corrected chi connectivity index (χ3v) is 5.63. The van der Waals surface area contributed by atoms with E-state index in [0.29, 0.717) is 11.1 Å². The number of nitrogens with one attached hydrogen (secondary N) is 2. The summed E-state index contributed by atoms with van der Waals surface area (Å²) in [5.74, 6) is 0.904. The van der Waals surface area contributed by atoms with Gasteiger partial charge in [-0.2, -0.15) is 0 Å². The van der Waals surface area contributed by atoms with Crippen molar-refractivity contribution in [2.24, 2.45) is 5.92 Å². The number of halogens is 2. The number of methoxy groups -OCH3 is 1. The van der Waals surface area contributed by atoms with E-state index in [9.17, 15) is 4.79 Å². The summed E-state index contributed by atoms with van der Waals surface area (Å²) in [6.07, 6.45) is 1.70. The Kier molecular flexibility index (Phi) is 8.17. The summed E-state index contributed by atoms with van der Waals surface area (Å²) in [5, 5.41) is 7.32. The maximum absolute atomic E-state index is 13.0. The predicted molar refractivity (Wildman–Crippen MR) is 117 cm³/mol. The zero-order valence-corrected chi connectivity index (χ0v) is 18.1. The van der Waals surface area contributed by atoms with Crippen molar-refractivity contribution in [3.05, 3.63) is 64.2 Å². The number of ether oxygens (including phenoxy) is 1. The lowest BCUT2D eigenvalue weighted by atomic mass is 9.90. The zero-order chi connectivity index (χ0) is 19.4. The van der Waals surface area contributed by atoms with E-state index in [1.54, 1.807) is 7.11 Å². The van der Waals surface area contributed by atoms with E-state index in [1.807, 2.05) is 49.4 Å². The first-order valence-corrected chi connectivity index (χ1v) is 9.80. The van der Waals surface area contributed by atoms with Gasteiger partial charge in [-0.3, -0.25) is 4.79 Å². The van der Waals surface area contributed by atoms with E-state index in [1.165, 1.54) is 0 Å². The summed E-state index contributed by atoms with van der Waals surface area (Å²) in [4.78, 5) is 13.0. The molecule has 3 rings (SSSR count). The van der Waals surface area contributed by atoms with Crippen LogP contribution in [0.3, 0.4) is 0 Å². The normalized spacial score (nSPS) is 20.0. The van der Waals surface area contributed by atoms with Gasteiger partial charge in [0.25, 0.3) is 0 Å². The molecule has 0 saturated carbocycles. The van der Waals surface area contributed by atoms with Crippen molar-refractivity contribution in [1.82, 2.24) is 10.6 Å². The number of amides is 1. The molecule has 0 radical (unpaired) electrons. The molecular weight excluding hydrogens is 395 g/mol. The van der Waals surface area contributed by atoms with Gasteiger partial charge in [-0.25, -0.2) is 0 Å². The molecule has 1 aliphatic rings. The van der Waals surface area contributed by atoms with Crippen LogP contribution in [0.1, 0.15) is 42.5 Å². The largest absolute Gasteiger partial charge is 0.497 e. The van der Waals surface area contributed by atoms with Crippen molar-refractivity contribution in [3.8, 4) is 5.75 Å². The van der Waals surface area contributed by atoms with E-state index in [-0.39, 0.29) is 30.3 Å². The van der Waals surface area contributed by atoms with Crippen molar-refractivity contribution in [1.29, 1.82) is 0 Å². The van der Waals surface area contributed by atoms with Gasteiger partial charge in [0.1, 0.15) is 5.75 Å². The van der Waals surface area contributed by atoms with Gasteiger partial charge in [-0.05, 0) is 68.1 Å². The SMILES string of the molecule is COc1ccc(C(NC(=O)[C@H]2CCN[C@@H](C)C2)c2ccccc2Cl)c(C)c1.Cl. The summed E-state index contributed by atoms with van der Waals surface area (Å²) in [6.45, 7) is 5.02. The maximum atomic E-state index is 13.0. The van der Waals surface area contributed by atoms with Gasteiger partial charge in [-0.15, -0.1) is 12.4 Å². The van der Waals surface area contributed by atoms with Crippen LogP contribution in [0.15, 0.2) is 42.5 Å². The molecule has 4 nitrogen and oxygen atoms in total. The number of carbonyl (C=O) groups is 1. The summed E-state index contributed by atoms with van der Waals surface area (Å²) < 4.78 is 5.33. The monoisotopic (exact) mass is 422 g/mol. The molecular formula is C22H28Cl2N2O2. The summed E-state index contributed by atoms with van der Waals surface area (Å²) >= 11 is 6.49. The van der Waals surface area contributed by atoms with Crippen LogP contribution in [0.5, 0.6) is 5.75 Å². The van der Waals surface area contributed by atoms with Gasteiger partial charge in [-0.1, -0.05) is 35.9 Å². The first kappa shape index (κ1) is 22.5. The predicted octanol–water partition coefficient (Wildman–Crippen LogP) is 4.67. The van der Waals surface area contributed by atoms with Crippen LogP contribution in [-0.2, 0) is 4.79 Å². The molecule has 6 heteroatoms. The molecule has 152 valence electrons. The average Bonchev–Trinajstić information content (AvgIpc) is 2.67. The standard InChI is InChI=1S/C22H27ClN2O2.ClH/c1-14-12-17(27-3)8-9-18(14)21(19-6-4-5-7-20(19)23)25-22(26)16-10-11-24-15(2)13-16;/h4-9,12,15-16,21,24H,10-11,13H2,1-3H3,(H,25,26);1H/t15-,16-,21?;/m0./s1. The number of hydrogen-bond acceptors (Lipinski definition) is 3.